The quantitative estimate of drug-likeness (QED) is 0.334. The van der Waals surface area contributed by atoms with Crippen LogP contribution in [0.2, 0.25) is 0 Å². The van der Waals surface area contributed by atoms with E-state index in [0.717, 1.165) is 21.8 Å². The number of carbonyl (C=O) groups excluding carboxylic acids is 1. The summed E-state index contributed by atoms with van der Waals surface area (Å²) < 4.78 is 29.2. The second-order valence-electron chi connectivity index (χ2n) is 10.8. The first-order valence-corrected chi connectivity index (χ1v) is 11.5. The number of ether oxygens (including phenoxy) is 3. The van der Waals surface area contributed by atoms with E-state index in [1.54, 1.807) is 7.11 Å². The molecule has 1 aliphatic rings. The Morgan fingerprint density at radius 2 is 1.73 bits per heavy atom. The van der Waals surface area contributed by atoms with Crippen LogP contribution >= 0.6 is 0 Å². The summed E-state index contributed by atoms with van der Waals surface area (Å²) in [5, 5.41) is 2.00. The Morgan fingerprint density at radius 1 is 1.09 bits per heavy atom. The Morgan fingerprint density at radius 3 is 2.30 bits per heavy atom. The number of esters is 1. The third-order valence-electron chi connectivity index (χ3n) is 6.29. The Labute approximate surface area is 198 Å². The highest BCUT2D eigenvalue weighted by molar-refractivity contribution is 6.65. The molecule has 1 heterocycles. The molecule has 2 aromatic rings. The maximum absolute atomic E-state index is 12.6. The molecule has 3 rings (SSSR count). The predicted octanol–water partition coefficient (Wildman–Crippen LogP) is 4.96. The lowest BCUT2D eigenvalue weighted by atomic mass is 9.73. The van der Waals surface area contributed by atoms with Gasteiger partial charge in [-0.1, -0.05) is 25.1 Å². The fourth-order valence-corrected chi connectivity index (χ4v) is 3.98. The van der Waals surface area contributed by atoms with Crippen LogP contribution in [0.4, 0.5) is 0 Å². The fourth-order valence-electron chi connectivity index (χ4n) is 3.98. The van der Waals surface area contributed by atoms with Crippen molar-refractivity contribution in [3.63, 3.8) is 0 Å². The van der Waals surface area contributed by atoms with E-state index in [-0.39, 0.29) is 25.1 Å². The van der Waals surface area contributed by atoms with E-state index in [4.69, 9.17) is 23.5 Å². The first-order chi connectivity index (χ1) is 15.2. The molecule has 0 aromatic heterocycles. The topological polar surface area (TPSA) is 63.2 Å². The lowest BCUT2D eigenvalue weighted by molar-refractivity contribution is -0.155. The largest absolute Gasteiger partial charge is 0.495 e. The Bertz CT molecular complexity index is 992. The van der Waals surface area contributed by atoms with Gasteiger partial charge in [-0.25, -0.2) is 0 Å². The first-order valence-electron chi connectivity index (χ1n) is 11.5. The van der Waals surface area contributed by atoms with Gasteiger partial charge >= 0.3 is 13.1 Å². The number of methoxy groups -OCH3 is 1. The number of hydrogen-bond donors (Lipinski definition) is 0. The minimum atomic E-state index is -0.571. The van der Waals surface area contributed by atoms with Crippen LogP contribution in [0.1, 0.15) is 73.3 Å². The third-order valence-corrected chi connectivity index (χ3v) is 6.29. The highest BCUT2D eigenvalue weighted by atomic mass is 16.7. The molecule has 0 aliphatic carbocycles. The van der Waals surface area contributed by atoms with E-state index in [1.165, 1.54) is 0 Å². The lowest BCUT2D eigenvalue weighted by Crippen LogP contribution is -2.41. The molecule has 0 N–H and O–H groups in total. The van der Waals surface area contributed by atoms with Gasteiger partial charge in [-0.05, 0) is 88.3 Å². The lowest BCUT2D eigenvalue weighted by Gasteiger charge is -2.32. The molecule has 0 bridgehead atoms. The molecule has 0 radical (unpaired) electrons. The van der Waals surface area contributed by atoms with Gasteiger partial charge in [-0.2, -0.15) is 0 Å². The molecule has 2 aromatic carbocycles. The average molecular weight is 456 g/mol. The third kappa shape index (κ3) is 5.71. The van der Waals surface area contributed by atoms with Crippen molar-refractivity contribution >= 4 is 29.3 Å². The number of hydrogen-bond acceptors (Lipinski definition) is 6. The Balaban J connectivity index is 2.08. The van der Waals surface area contributed by atoms with Crippen molar-refractivity contribution in [2.24, 2.45) is 0 Å². The van der Waals surface area contributed by atoms with Crippen LogP contribution in [-0.4, -0.2) is 43.8 Å². The maximum atomic E-state index is 12.6. The molecule has 1 atom stereocenters. The van der Waals surface area contributed by atoms with Crippen LogP contribution in [-0.2, 0) is 23.6 Å². The standard InChI is InChI=1S/C26H37BO6/c1-17(13-22(28)31-24(2,3)4)20-12-10-11-18-14-19(30-16-29-9)15-21(23(18)20)27-32-25(5,6)26(7,8)33-27/h10-12,14-15,17H,13,16H2,1-9H3. The molecule has 33 heavy (non-hydrogen) atoms. The predicted molar refractivity (Wildman–Crippen MR) is 131 cm³/mol. The zero-order chi connectivity index (χ0) is 24.6. The average Bonchev–Trinajstić information content (AvgIpc) is 2.90. The van der Waals surface area contributed by atoms with Gasteiger partial charge in [0.05, 0.1) is 17.6 Å². The van der Waals surface area contributed by atoms with Crippen molar-refractivity contribution < 1.29 is 28.3 Å². The maximum Gasteiger partial charge on any atom is 0.495 e. The van der Waals surface area contributed by atoms with Crippen LogP contribution in [0.15, 0.2) is 30.3 Å². The van der Waals surface area contributed by atoms with Crippen molar-refractivity contribution in [1.82, 2.24) is 0 Å². The van der Waals surface area contributed by atoms with Crippen molar-refractivity contribution in [3.8, 4) is 5.75 Å². The van der Waals surface area contributed by atoms with Crippen LogP contribution in [0.25, 0.3) is 10.8 Å². The van der Waals surface area contributed by atoms with Crippen LogP contribution < -0.4 is 10.2 Å². The minimum Gasteiger partial charge on any atom is -0.468 e. The summed E-state index contributed by atoms with van der Waals surface area (Å²) in [5.41, 5.74) is 0.441. The summed E-state index contributed by atoms with van der Waals surface area (Å²) in [6, 6.07) is 10.0. The van der Waals surface area contributed by atoms with Gasteiger partial charge in [-0.15, -0.1) is 0 Å². The summed E-state index contributed by atoms with van der Waals surface area (Å²) in [7, 11) is 1.02. The van der Waals surface area contributed by atoms with Crippen molar-refractivity contribution in [3.05, 3.63) is 35.9 Å². The SMILES string of the molecule is COCOc1cc(B2OC(C)(C)C(C)(C)O2)c2c(C(C)CC(=O)OC(C)(C)C)cccc2c1. The van der Waals surface area contributed by atoms with Gasteiger partial charge in [0, 0.05) is 7.11 Å². The first kappa shape index (κ1) is 25.5. The van der Waals surface area contributed by atoms with Gasteiger partial charge in [0.2, 0.25) is 0 Å². The molecule has 180 valence electrons. The molecule has 1 fully saturated rings. The fraction of sp³-hybridized carbons (Fsp3) is 0.577. The summed E-state index contributed by atoms with van der Waals surface area (Å²) in [4.78, 5) is 12.6. The van der Waals surface area contributed by atoms with Gasteiger partial charge in [0.25, 0.3) is 0 Å². The highest BCUT2D eigenvalue weighted by Gasteiger charge is 2.52. The van der Waals surface area contributed by atoms with Gasteiger partial charge in [0.1, 0.15) is 11.4 Å². The van der Waals surface area contributed by atoms with Crippen LogP contribution in [0.3, 0.4) is 0 Å². The molecular formula is C26H37BO6. The van der Waals surface area contributed by atoms with Gasteiger partial charge in [0.15, 0.2) is 6.79 Å². The second kappa shape index (κ2) is 9.28. The number of rotatable bonds is 7. The summed E-state index contributed by atoms with van der Waals surface area (Å²) in [6.07, 6.45) is 0.279. The molecule has 0 spiro atoms. The molecule has 1 saturated heterocycles. The minimum absolute atomic E-state index is 0.0598. The van der Waals surface area contributed by atoms with Gasteiger partial charge < -0.3 is 23.5 Å². The van der Waals surface area contributed by atoms with E-state index in [0.29, 0.717) is 5.75 Å². The summed E-state index contributed by atoms with van der Waals surface area (Å²) in [5.74, 6) is 0.394. The van der Waals surface area contributed by atoms with Crippen LogP contribution in [0, 0.1) is 0 Å². The molecule has 0 saturated carbocycles. The molecule has 7 heteroatoms. The van der Waals surface area contributed by atoms with E-state index < -0.39 is 23.9 Å². The number of fused-ring (bicyclic) bond motifs is 1. The highest BCUT2D eigenvalue weighted by Crippen LogP contribution is 2.38. The van der Waals surface area contributed by atoms with Crippen LogP contribution in [0.5, 0.6) is 5.75 Å². The Kier molecular flexibility index (Phi) is 7.18. The van der Waals surface area contributed by atoms with E-state index in [2.05, 4.69) is 6.07 Å². The monoisotopic (exact) mass is 456 g/mol. The van der Waals surface area contributed by atoms with Crippen molar-refractivity contribution in [1.29, 1.82) is 0 Å². The van der Waals surface area contributed by atoms with Gasteiger partial charge in [-0.3, -0.25) is 4.79 Å². The number of carbonyl (C=O) groups is 1. The zero-order valence-electron chi connectivity index (χ0n) is 21.4. The smallest absolute Gasteiger partial charge is 0.468 e. The Hall–Kier alpha value is -2.09. The molecule has 6 nitrogen and oxygen atoms in total. The summed E-state index contributed by atoms with van der Waals surface area (Å²) >= 11 is 0. The van der Waals surface area contributed by atoms with E-state index >= 15 is 0 Å². The molecular weight excluding hydrogens is 419 g/mol. The van der Waals surface area contributed by atoms with E-state index in [9.17, 15) is 4.79 Å². The van der Waals surface area contributed by atoms with E-state index in [1.807, 2.05) is 79.7 Å². The van der Waals surface area contributed by atoms with Crippen molar-refractivity contribution in [2.75, 3.05) is 13.9 Å². The number of benzene rings is 2. The normalized spacial score (nSPS) is 18.4. The molecule has 1 unspecified atom stereocenters. The summed E-state index contributed by atoms with van der Waals surface area (Å²) in [6.45, 7) is 16.0. The molecule has 0 amide bonds. The van der Waals surface area contributed by atoms with Crippen molar-refractivity contribution in [2.45, 2.75) is 84.5 Å². The second-order valence-corrected chi connectivity index (χ2v) is 10.8. The zero-order valence-corrected chi connectivity index (χ0v) is 21.4. The molecule has 1 aliphatic heterocycles.